The van der Waals surface area contributed by atoms with E-state index < -0.39 is 0 Å². The Morgan fingerprint density at radius 1 is 0.872 bits per heavy atom. The Morgan fingerprint density at radius 2 is 1.49 bits per heavy atom. The van der Waals surface area contributed by atoms with Crippen molar-refractivity contribution in [3.63, 3.8) is 0 Å². The average molecular weight is 551 g/mol. The molecule has 39 heavy (non-hydrogen) atoms. The number of rotatable bonds is 7. The summed E-state index contributed by atoms with van der Waals surface area (Å²) < 4.78 is 0. The number of pyridine rings is 2. The predicted octanol–water partition coefficient (Wildman–Crippen LogP) is 6.11. The maximum Gasteiger partial charge on any atom is 0.223 e. The highest BCUT2D eigenvalue weighted by Crippen LogP contribution is 2.25. The van der Waals surface area contributed by atoms with Gasteiger partial charge in [-0.25, -0.2) is 0 Å². The number of nitrogens with one attached hydrogen (secondary N) is 2. The Labute approximate surface area is 235 Å². The van der Waals surface area contributed by atoms with E-state index in [1.165, 1.54) is 5.39 Å². The number of halogens is 1. The van der Waals surface area contributed by atoms with E-state index in [-0.39, 0.29) is 11.8 Å². The molecule has 4 aromatic heterocycles. The number of carbonyl (C=O) groups is 2. The van der Waals surface area contributed by atoms with Gasteiger partial charge in [0, 0.05) is 61.0 Å². The van der Waals surface area contributed by atoms with Crippen LogP contribution < -0.4 is 0 Å². The molecule has 0 spiro atoms. The molecule has 2 atom stereocenters. The number of H-pyrrole nitrogens is 2. The van der Waals surface area contributed by atoms with Crippen LogP contribution in [-0.2, 0) is 16.1 Å². The highest BCUT2D eigenvalue weighted by molar-refractivity contribution is 6.18. The summed E-state index contributed by atoms with van der Waals surface area (Å²) in [5.74, 6) is 1.61. The lowest BCUT2D eigenvalue weighted by molar-refractivity contribution is -0.128. The summed E-state index contributed by atoms with van der Waals surface area (Å²) in [7, 11) is 0. The van der Waals surface area contributed by atoms with Gasteiger partial charge < -0.3 is 19.8 Å². The standard InChI is InChI=1S/C15H19N3O.C8H14ClNO.C7H6N2/c1-2-3-11-6-15(19)18(9-11)10-13-7-12-4-5-16-8-14(12)17-13;1-2-3-7-4-8(11)10(5-7)6-9;1-3-8-5-7-6(1)2-4-9-7/h4-5,7-8,11,17H,2-3,6,9-10H2,1H3;7H,2-6H2,1H3;1-5,9H. The van der Waals surface area contributed by atoms with Crippen molar-refractivity contribution in [3.05, 3.63) is 60.9 Å². The van der Waals surface area contributed by atoms with Crippen LogP contribution in [0.25, 0.3) is 21.8 Å². The summed E-state index contributed by atoms with van der Waals surface area (Å²) in [5, 5.41) is 2.37. The van der Waals surface area contributed by atoms with E-state index in [0.717, 1.165) is 67.3 Å². The molecule has 208 valence electrons. The minimum atomic E-state index is 0.221. The molecule has 6 rings (SSSR count). The second-order valence-electron chi connectivity index (χ2n) is 10.4. The first-order valence-corrected chi connectivity index (χ1v) is 14.4. The molecule has 8 nitrogen and oxygen atoms in total. The smallest absolute Gasteiger partial charge is 0.223 e. The number of fused-ring (bicyclic) bond motifs is 2. The molecule has 4 aromatic rings. The van der Waals surface area contributed by atoms with Gasteiger partial charge in [-0.3, -0.25) is 19.6 Å². The number of carbonyl (C=O) groups excluding carboxylic acids is 2. The van der Waals surface area contributed by atoms with E-state index in [2.05, 4.69) is 39.8 Å². The summed E-state index contributed by atoms with van der Waals surface area (Å²) in [6, 6.07) is 8.46. The fraction of sp³-hybridized carbons (Fsp3) is 0.467. The molecule has 0 aliphatic carbocycles. The van der Waals surface area contributed by atoms with Crippen LogP contribution >= 0.6 is 11.6 Å². The van der Waals surface area contributed by atoms with Gasteiger partial charge in [0.2, 0.25) is 11.8 Å². The SMILES string of the molecule is CCCC1CC(=O)N(CCl)C1.CCCC1CC(=O)N(Cc2cc3ccncc3[nH]2)C1.c1cc2cc[nH]c2cn1. The number of hydrogen-bond acceptors (Lipinski definition) is 4. The molecule has 2 unspecified atom stereocenters. The van der Waals surface area contributed by atoms with Crippen molar-refractivity contribution in [1.82, 2.24) is 29.7 Å². The lowest BCUT2D eigenvalue weighted by atomic mass is 10.0. The molecule has 2 fully saturated rings. The van der Waals surface area contributed by atoms with E-state index in [9.17, 15) is 9.59 Å². The van der Waals surface area contributed by atoms with Crippen molar-refractivity contribution >= 4 is 45.2 Å². The van der Waals surface area contributed by atoms with Gasteiger partial charge in [0.05, 0.1) is 36.0 Å². The van der Waals surface area contributed by atoms with E-state index >= 15 is 0 Å². The van der Waals surface area contributed by atoms with Gasteiger partial charge in [-0.15, -0.1) is 11.6 Å². The van der Waals surface area contributed by atoms with Crippen LogP contribution in [0.3, 0.4) is 0 Å². The zero-order valence-corrected chi connectivity index (χ0v) is 23.7. The second kappa shape index (κ2) is 14.1. The molecular formula is C30H39ClN6O2. The zero-order chi connectivity index (χ0) is 27.6. The number of likely N-dealkylation sites (tertiary alicyclic amines) is 2. The van der Waals surface area contributed by atoms with Gasteiger partial charge in [0.1, 0.15) is 0 Å². The first-order chi connectivity index (χ1) is 19.0. The van der Waals surface area contributed by atoms with E-state index in [0.29, 0.717) is 30.8 Å². The van der Waals surface area contributed by atoms with E-state index in [1.807, 2.05) is 41.7 Å². The molecule has 2 aliphatic heterocycles. The fourth-order valence-corrected chi connectivity index (χ4v) is 5.63. The van der Waals surface area contributed by atoms with Crippen LogP contribution in [0.2, 0.25) is 0 Å². The minimum Gasteiger partial charge on any atom is -0.360 e. The molecule has 2 amide bonds. The predicted molar refractivity (Wildman–Crippen MR) is 156 cm³/mol. The lowest BCUT2D eigenvalue weighted by Gasteiger charge is -2.15. The summed E-state index contributed by atoms with van der Waals surface area (Å²) in [5.41, 5.74) is 3.22. The Kier molecular flexibility index (Phi) is 10.4. The molecule has 0 aromatic carbocycles. The number of nitrogens with zero attached hydrogens (tertiary/aromatic N) is 4. The Morgan fingerprint density at radius 3 is 2.08 bits per heavy atom. The monoisotopic (exact) mass is 550 g/mol. The van der Waals surface area contributed by atoms with Crippen LogP contribution in [0, 0.1) is 11.8 Å². The topological polar surface area (TPSA) is 98.0 Å². The molecule has 2 N–H and O–H groups in total. The minimum absolute atomic E-state index is 0.221. The normalized spacial score (nSPS) is 18.8. The Balaban J connectivity index is 0.000000149. The lowest BCUT2D eigenvalue weighted by Crippen LogP contribution is -2.24. The maximum atomic E-state index is 12.0. The molecule has 2 saturated heterocycles. The largest absolute Gasteiger partial charge is 0.360 e. The van der Waals surface area contributed by atoms with Gasteiger partial charge in [0.15, 0.2) is 0 Å². The second-order valence-corrected chi connectivity index (χ2v) is 10.7. The third-order valence-electron chi connectivity index (χ3n) is 7.32. The van der Waals surface area contributed by atoms with Gasteiger partial charge >= 0.3 is 0 Å². The van der Waals surface area contributed by atoms with Crippen molar-refractivity contribution in [2.24, 2.45) is 11.8 Å². The van der Waals surface area contributed by atoms with Crippen LogP contribution in [0.4, 0.5) is 0 Å². The van der Waals surface area contributed by atoms with Crippen molar-refractivity contribution in [2.75, 3.05) is 19.1 Å². The number of alkyl halides is 1. The first-order valence-electron chi connectivity index (χ1n) is 13.9. The summed E-state index contributed by atoms with van der Waals surface area (Å²) in [4.78, 5) is 41.2. The summed E-state index contributed by atoms with van der Waals surface area (Å²) >= 11 is 5.57. The van der Waals surface area contributed by atoms with E-state index in [1.54, 1.807) is 17.3 Å². The van der Waals surface area contributed by atoms with Gasteiger partial charge in [-0.1, -0.05) is 26.7 Å². The van der Waals surface area contributed by atoms with Crippen molar-refractivity contribution in [1.29, 1.82) is 0 Å². The molecular weight excluding hydrogens is 512 g/mol. The third kappa shape index (κ3) is 7.82. The first kappa shape index (κ1) is 28.6. The van der Waals surface area contributed by atoms with Crippen LogP contribution in [-0.4, -0.2) is 60.6 Å². The zero-order valence-electron chi connectivity index (χ0n) is 22.9. The summed E-state index contributed by atoms with van der Waals surface area (Å²) in [6.07, 6.45) is 15.2. The Bertz CT molecular complexity index is 1290. The van der Waals surface area contributed by atoms with Crippen LogP contribution in [0.1, 0.15) is 58.1 Å². The van der Waals surface area contributed by atoms with Crippen LogP contribution in [0.15, 0.2) is 55.2 Å². The van der Waals surface area contributed by atoms with E-state index in [4.69, 9.17) is 11.6 Å². The van der Waals surface area contributed by atoms with Gasteiger partial charge in [-0.2, -0.15) is 0 Å². The number of amides is 2. The molecule has 0 radical (unpaired) electrons. The summed E-state index contributed by atoms with van der Waals surface area (Å²) in [6.45, 7) is 6.79. The molecule has 0 bridgehead atoms. The highest BCUT2D eigenvalue weighted by Gasteiger charge is 2.29. The third-order valence-corrected chi connectivity index (χ3v) is 7.61. The fourth-order valence-electron chi connectivity index (χ4n) is 5.40. The molecule has 2 aliphatic rings. The van der Waals surface area contributed by atoms with Crippen molar-refractivity contribution < 1.29 is 9.59 Å². The van der Waals surface area contributed by atoms with Crippen molar-refractivity contribution in [3.8, 4) is 0 Å². The molecule has 9 heteroatoms. The quantitative estimate of drug-likeness (QED) is 0.214. The van der Waals surface area contributed by atoms with Gasteiger partial charge in [-0.05, 0) is 48.9 Å². The average Bonchev–Trinajstić information content (AvgIpc) is 3.72. The Hall–Kier alpha value is -3.39. The number of aromatic nitrogens is 4. The number of hydrogen-bond donors (Lipinski definition) is 2. The van der Waals surface area contributed by atoms with Crippen LogP contribution in [0.5, 0.6) is 0 Å². The molecule has 0 saturated carbocycles. The van der Waals surface area contributed by atoms with Crippen molar-refractivity contribution in [2.45, 2.75) is 58.9 Å². The maximum absolute atomic E-state index is 12.0. The van der Waals surface area contributed by atoms with Gasteiger partial charge in [0.25, 0.3) is 0 Å². The number of aromatic amines is 2. The highest BCUT2D eigenvalue weighted by atomic mass is 35.5. The molecule has 6 heterocycles.